The zero-order chi connectivity index (χ0) is 21.8. The maximum atomic E-state index is 12.0. The molecule has 2 aromatic carbocycles. The predicted octanol–water partition coefficient (Wildman–Crippen LogP) is 5.47. The molecule has 4 aromatic rings. The monoisotopic (exact) mass is 516 g/mol. The lowest BCUT2D eigenvalue weighted by atomic mass is 10.1. The molecular weight excluding hydrogens is 504 g/mol. The van der Waals surface area contributed by atoms with Crippen molar-refractivity contribution in [2.45, 2.75) is 4.34 Å². The number of carbonyl (C=O) groups excluding carboxylic acids is 1. The third-order valence-corrected chi connectivity index (χ3v) is 6.87. The Labute approximate surface area is 192 Å². The molecule has 156 valence electrons. The molecule has 2 aromatic heterocycles. The van der Waals surface area contributed by atoms with Crippen LogP contribution in [0.2, 0.25) is 0 Å². The lowest BCUT2D eigenvalue weighted by molar-refractivity contribution is -0.384. The third-order valence-electron chi connectivity index (χ3n) is 4.04. The van der Waals surface area contributed by atoms with Crippen LogP contribution < -0.4 is 5.43 Å². The number of hydrazone groups is 1. The van der Waals surface area contributed by atoms with Crippen LogP contribution in [-0.4, -0.2) is 27.8 Å². The number of nitro benzene ring substituents is 1. The van der Waals surface area contributed by atoms with E-state index in [-0.39, 0.29) is 17.3 Å². The van der Waals surface area contributed by atoms with Crippen molar-refractivity contribution >= 4 is 67.1 Å². The van der Waals surface area contributed by atoms with E-state index in [9.17, 15) is 14.9 Å². The number of para-hydroxylation sites is 1. The number of hydrogen-bond donors (Lipinski definition) is 1. The van der Waals surface area contributed by atoms with Gasteiger partial charge in [-0.1, -0.05) is 23.9 Å². The van der Waals surface area contributed by atoms with Crippen molar-refractivity contribution in [1.82, 2.24) is 10.4 Å². The minimum Gasteiger partial charge on any atom is -0.455 e. The van der Waals surface area contributed by atoms with E-state index in [0.29, 0.717) is 21.6 Å². The van der Waals surface area contributed by atoms with Gasteiger partial charge in [0.05, 0.1) is 27.1 Å². The van der Waals surface area contributed by atoms with Gasteiger partial charge in [-0.2, -0.15) is 5.10 Å². The van der Waals surface area contributed by atoms with E-state index in [4.69, 9.17) is 4.42 Å². The van der Waals surface area contributed by atoms with E-state index in [1.807, 2.05) is 24.3 Å². The number of thiazole rings is 1. The van der Waals surface area contributed by atoms with Crippen molar-refractivity contribution in [2.24, 2.45) is 5.10 Å². The molecule has 1 N–H and O–H groups in total. The molecule has 0 radical (unpaired) electrons. The smallest absolute Gasteiger partial charge is 0.270 e. The van der Waals surface area contributed by atoms with Crippen LogP contribution >= 0.6 is 39.0 Å². The second kappa shape index (κ2) is 9.41. The maximum Gasteiger partial charge on any atom is 0.270 e. The molecular formula is C20H13BrN4O4S2. The number of halogens is 1. The first-order valence-corrected chi connectivity index (χ1v) is 11.4. The fourth-order valence-corrected chi connectivity index (χ4v) is 5.05. The van der Waals surface area contributed by atoms with Gasteiger partial charge in [0.1, 0.15) is 11.5 Å². The molecule has 11 heteroatoms. The first-order valence-electron chi connectivity index (χ1n) is 8.84. The van der Waals surface area contributed by atoms with Crippen molar-refractivity contribution in [3.63, 3.8) is 0 Å². The van der Waals surface area contributed by atoms with Crippen LogP contribution in [0.1, 0.15) is 5.76 Å². The van der Waals surface area contributed by atoms with Crippen LogP contribution in [0, 0.1) is 10.1 Å². The van der Waals surface area contributed by atoms with E-state index >= 15 is 0 Å². The van der Waals surface area contributed by atoms with E-state index < -0.39 is 4.92 Å². The minimum atomic E-state index is -0.466. The second-order valence-electron chi connectivity index (χ2n) is 6.15. The average molecular weight is 517 g/mol. The van der Waals surface area contributed by atoms with E-state index in [1.54, 1.807) is 29.5 Å². The standard InChI is InChI=1S/C20H13BrN4O4S2/c21-15-9-12(25(27)28)5-7-14(15)17-8-6-13(29-17)10-22-24-19(26)11-30-20-23-16-3-1-2-4-18(16)31-20/h1-10H,11H2,(H,24,26). The van der Waals surface area contributed by atoms with Gasteiger partial charge in [-0.3, -0.25) is 14.9 Å². The molecule has 0 aliphatic rings. The molecule has 0 spiro atoms. The van der Waals surface area contributed by atoms with Gasteiger partial charge in [-0.25, -0.2) is 10.4 Å². The van der Waals surface area contributed by atoms with Crippen molar-refractivity contribution in [1.29, 1.82) is 0 Å². The first kappa shape index (κ1) is 21.2. The second-order valence-corrected chi connectivity index (χ2v) is 9.26. The number of non-ortho nitro benzene ring substituents is 1. The lowest BCUT2D eigenvalue weighted by Gasteiger charge is -2.00. The molecule has 2 heterocycles. The van der Waals surface area contributed by atoms with Gasteiger partial charge in [0, 0.05) is 22.2 Å². The molecule has 8 nitrogen and oxygen atoms in total. The van der Waals surface area contributed by atoms with Crippen LogP contribution in [0.25, 0.3) is 21.5 Å². The van der Waals surface area contributed by atoms with Crippen LogP contribution in [0.5, 0.6) is 0 Å². The summed E-state index contributed by atoms with van der Waals surface area (Å²) in [5.74, 6) is 0.877. The van der Waals surface area contributed by atoms with E-state index in [2.05, 4.69) is 31.4 Å². The molecule has 0 unspecified atom stereocenters. The number of nitrogens with one attached hydrogen (secondary N) is 1. The predicted molar refractivity (Wildman–Crippen MR) is 125 cm³/mol. The van der Waals surface area contributed by atoms with Gasteiger partial charge in [-0.15, -0.1) is 11.3 Å². The van der Waals surface area contributed by atoms with Crippen LogP contribution in [0.15, 0.2) is 72.9 Å². The Hall–Kier alpha value is -3.02. The lowest BCUT2D eigenvalue weighted by Crippen LogP contribution is -2.19. The average Bonchev–Trinajstić information content (AvgIpc) is 3.38. The molecule has 0 atom stereocenters. The highest BCUT2D eigenvalue weighted by Crippen LogP contribution is 2.32. The van der Waals surface area contributed by atoms with Crippen molar-refractivity contribution in [3.8, 4) is 11.3 Å². The molecule has 0 aliphatic heterocycles. The normalized spacial score (nSPS) is 11.3. The highest BCUT2D eigenvalue weighted by atomic mass is 79.9. The Bertz CT molecular complexity index is 1270. The summed E-state index contributed by atoms with van der Waals surface area (Å²) in [6, 6.07) is 15.6. The number of nitrogens with zero attached hydrogens (tertiary/aromatic N) is 3. The van der Waals surface area contributed by atoms with Gasteiger partial charge in [0.2, 0.25) is 0 Å². The number of carbonyl (C=O) groups is 1. The Morgan fingerprint density at radius 1 is 1.29 bits per heavy atom. The Morgan fingerprint density at radius 2 is 2.13 bits per heavy atom. The van der Waals surface area contributed by atoms with E-state index in [1.165, 1.54) is 30.1 Å². The van der Waals surface area contributed by atoms with Crippen molar-refractivity contribution in [3.05, 3.63) is 74.9 Å². The first-order chi connectivity index (χ1) is 15.0. The number of aromatic nitrogens is 1. The molecule has 0 bridgehead atoms. The fourth-order valence-electron chi connectivity index (χ4n) is 2.62. The molecule has 4 rings (SSSR count). The van der Waals surface area contributed by atoms with Crippen LogP contribution in [0.3, 0.4) is 0 Å². The summed E-state index contributed by atoms with van der Waals surface area (Å²) < 4.78 is 8.13. The number of fused-ring (bicyclic) bond motifs is 1. The maximum absolute atomic E-state index is 12.0. The Kier molecular flexibility index (Phi) is 6.44. The van der Waals surface area contributed by atoms with E-state index in [0.717, 1.165) is 14.6 Å². The van der Waals surface area contributed by atoms with Gasteiger partial charge >= 0.3 is 0 Å². The van der Waals surface area contributed by atoms with Gasteiger partial charge in [-0.05, 0) is 46.3 Å². The number of amides is 1. The summed E-state index contributed by atoms with van der Waals surface area (Å²) in [6.45, 7) is 0. The molecule has 0 saturated carbocycles. The summed E-state index contributed by atoms with van der Waals surface area (Å²) >= 11 is 6.21. The SMILES string of the molecule is O=C(CSc1nc2ccccc2s1)NN=Cc1ccc(-c2ccc([N+](=O)[O-])cc2Br)o1. The summed E-state index contributed by atoms with van der Waals surface area (Å²) in [5, 5.41) is 14.8. The number of hydrogen-bond acceptors (Lipinski definition) is 8. The number of rotatable bonds is 7. The van der Waals surface area contributed by atoms with Gasteiger partial charge in [0.25, 0.3) is 11.6 Å². The minimum absolute atomic E-state index is 0.0182. The number of furan rings is 1. The molecule has 0 saturated heterocycles. The third kappa shape index (κ3) is 5.19. The quantitative estimate of drug-likeness (QED) is 0.151. The summed E-state index contributed by atoms with van der Waals surface area (Å²) in [4.78, 5) is 26.9. The highest BCUT2D eigenvalue weighted by molar-refractivity contribution is 9.10. The highest BCUT2D eigenvalue weighted by Gasteiger charge is 2.13. The zero-order valence-corrected chi connectivity index (χ0v) is 18.9. The number of nitro groups is 1. The van der Waals surface area contributed by atoms with Crippen LogP contribution in [-0.2, 0) is 4.79 Å². The van der Waals surface area contributed by atoms with Crippen molar-refractivity contribution < 1.29 is 14.1 Å². The number of benzene rings is 2. The van der Waals surface area contributed by atoms with Gasteiger partial charge in [0.15, 0.2) is 4.34 Å². The van der Waals surface area contributed by atoms with Crippen LogP contribution in [0.4, 0.5) is 5.69 Å². The number of thioether (sulfide) groups is 1. The largest absolute Gasteiger partial charge is 0.455 e. The Balaban J connectivity index is 1.32. The molecule has 31 heavy (non-hydrogen) atoms. The molecule has 0 fully saturated rings. The summed E-state index contributed by atoms with van der Waals surface area (Å²) in [7, 11) is 0. The van der Waals surface area contributed by atoms with Crippen molar-refractivity contribution in [2.75, 3.05) is 5.75 Å². The summed E-state index contributed by atoms with van der Waals surface area (Å²) in [6.07, 6.45) is 1.39. The molecule has 0 aliphatic carbocycles. The van der Waals surface area contributed by atoms with Gasteiger partial charge < -0.3 is 4.42 Å². The zero-order valence-electron chi connectivity index (χ0n) is 15.6. The topological polar surface area (TPSA) is 111 Å². The summed E-state index contributed by atoms with van der Waals surface area (Å²) in [5.41, 5.74) is 4.03. The molecule has 1 amide bonds. The fraction of sp³-hybridized carbons (Fsp3) is 0.0500. The Morgan fingerprint density at radius 3 is 2.90 bits per heavy atom.